The minimum Gasteiger partial charge on any atom is -0.353 e. The number of nitrogens with one attached hydrogen (secondary N) is 1. The third kappa shape index (κ3) is 3.00. The number of rotatable bonds is 5. The lowest BCUT2D eigenvalue weighted by Crippen LogP contribution is -2.14. The first kappa shape index (κ1) is 13.1. The van der Waals surface area contributed by atoms with Crippen LogP contribution >= 0.6 is 0 Å². The lowest BCUT2D eigenvalue weighted by atomic mass is 10.1. The van der Waals surface area contributed by atoms with Crippen LogP contribution in [0.15, 0.2) is 42.9 Å². The first-order valence-corrected chi connectivity index (χ1v) is 6.47. The second-order valence-corrected chi connectivity index (χ2v) is 4.29. The maximum Gasteiger partial charge on any atom is 0.223 e. The Labute approximate surface area is 121 Å². The van der Waals surface area contributed by atoms with Crippen molar-refractivity contribution in [1.82, 2.24) is 30.2 Å². The van der Waals surface area contributed by atoms with Crippen LogP contribution in [0.5, 0.6) is 0 Å². The molecule has 0 aliphatic carbocycles. The summed E-state index contributed by atoms with van der Waals surface area (Å²) in [6.07, 6.45) is 3.26. The summed E-state index contributed by atoms with van der Waals surface area (Å²) in [5, 5.41) is 14.2. The Balaban J connectivity index is 1.91. The zero-order chi connectivity index (χ0) is 14.5. The molecule has 0 spiro atoms. The molecular weight excluding hydrogens is 268 g/mol. The van der Waals surface area contributed by atoms with Crippen molar-refractivity contribution in [2.45, 2.75) is 0 Å². The van der Waals surface area contributed by atoms with Gasteiger partial charge in [0.15, 0.2) is 0 Å². The normalized spacial score (nSPS) is 10.5. The molecule has 3 aromatic rings. The summed E-state index contributed by atoms with van der Waals surface area (Å²) in [6, 6.07) is 9.65. The van der Waals surface area contributed by atoms with Gasteiger partial charge in [0.2, 0.25) is 5.95 Å². The fraction of sp³-hybridized carbons (Fsp3) is 0.154. The molecule has 0 unspecified atom stereocenters. The van der Waals surface area contributed by atoms with Gasteiger partial charge in [-0.15, -0.1) is 5.10 Å². The standard InChI is InChI=1S/C13H14N8/c14-5-7-16-13-15-6-4-12(18-13)10-2-1-3-11(8-10)21-9-17-19-20-21/h1-4,6,8-9H,5,7,14H2,(H,15,16,18). The molecule has 2 aromatic heterocycles. The van der Waals surface area contributed by atoms with Gasteiger partial charge in [0.05, 0.1) is 11.4 Å². The topological polar surface area (TPSA) is 107 Å². The van der Waals surface area contributed by atoms with Gasteiger partial charge in [-0.3, -0.25) is 0 Å². The van der Waals surface area contributed by atoms with E-state index in [-0.39, 0.29) is 0 Å². The van der Waals surface area contributed by atoms with Crippen LogP contribution in [0, 0.1) is 0 Å². The van der Waals surface area contributed by atoms with Crippen molar-refractivity contribution in [3.8, 4) is 16.9 Å². The average molecular weight is 282 g/mol. The highest BCUT2D eigenvalue weighted by molar-refractivity contribution is 5.62. The van der Waals surface area contributed by atoms with Crippen LogP contribution in [0.25, 0.3) is 16.9 Å². The molecule has 0 saturated heterocycles. The number of hydrogen-bond donors (Lipinski definition) is 2. The van der Waals surface area contributed by atoms with Crippen LogP contribution in [-0.4, -0.2) is 43.3 Å². The van der Waals surface area contributed by atoms with E-state index in [2.05, 4.69) is 30.8 Å². The third-order valence-corrected chi connectivity index (χ3v) is 2.84. The Morgan fingerprint density at radius 3 is 3.00 bits per heavy atom. The van der Waals surface area contributed by atoms with Crippen molar-refractivity contribution in [3.05, 3.63) is 42.9 Å². The molecule has 1 aromatic carbocycles. The van der Waals surface area contributed by atoms with E-state index in [1.807, 2.05) is 30.3 Å². The van der Waals surface area contributed by atoms with Crippen molar-refractivity contribution < 1.29 is 0 Å². The predicted octanol–water partition coefficient (Wildman–Crippen LogP) is 0.490. The smallest absolute Gasteiger partial charge is 0.223 e. The minimum atomic E-state index is 0.530. The Hall–Kier alpha value is -2.87. The Kier molecular flexibility index (Phi) is 3.79. The van der Waals surface area contributed by atoms with Gasteiger partial charge in [0, 0.05) is 24.8 Å². The molecule has 21 heavy (non-hydrogen) atoms. The molecule has 3 rings (SSSR count). The minimum absolute atomic E-state index is 0.530. The van der Waals surface area contributed by atoms with Gasteiger partial charge in [-0.25, -0.2) is 14.6 Å². The van der Waals surface area contributed by atoms with Crippen LogP contribution in [0.4, 0.5) is 5.95 Å². The molecule has 8 nitrogen and oxygen atoms in total. The van der Waals surface area contributed by atoms with Crippen molar-refractivity contribution in [2.24, 2.45) is 5.73 Å². The molecule has 106 valence electrons. The van der Waals surface area contributed by atoms with E-state index in [0.717, 1.165) is 16.9 Å². The fourth-order valence-corrected chi connectivity index (χ4v) is 1.88. The van der Waals surface area contributed by atoms with Crippen LogP contribution in [-0.2, 0) is 0 Å². The molecule has 0 atom stereocenters. The summed E-state index contributed by atoms with van der Waals surface area (Å²) in [5.74, 6) is 0.561. The van der Waals surface area contributed by atoms with E-state index in [4.69, 9.17) is 5.73 Å². The van der Waals surface area contributed by atoms with E-state index in [9.17, 15) is 0 Å². The molecule has 2 heterocycles. The molecule has 3 N–H and O–H groups in total. The largest absolute Gasteiger partial charge is 0.353 e. The van der Waals surface area contributed by atoms with Gasteiger partial charge in [0.25, 0.3) is 0 Å². The van der Waals surface area contributed by atoms with Crippen molar-refractivity contribution in [2.75, 3.05) is 18.4 Å². The first-order chi connectivity index (χ1) is 10.4. The zero-order valence-corrected chi connectivity index (χ0v) is 11.2. The summed E-state index contributed by atoms with van der Waals surface area (Å²) in [6.45, 7) is 1.16. The maximum absolute atomic E-state index is 5.46. The number of hydrogen-bond acceptors (Lipinski definition) is 7. The lowest BCUT2D eigenvalue weighted by Gasteiger charge is -2.07. The number of tetrazole rings is 1. The quantitative estimate of drug-likeness (QED) is 0.701. The predicted molar refractivity (Wildman–Crippen MR) is 77.7 cm³/mol. The third-order valence-electron chi connectivity index (χ3n) is 2.84. The molecule has 0 fully saturated rings. The maximum atomic E-state index is 5.46. The number of nitrogens with zero attached hydrogens (tertiary/aromatic N) is 6. The van der Waals surface area contributed by atoms with Gasteiger partial charge in [0.1, 0.15) is 6.33 Å². The first-order valence-electron chi connectivity index (χ1n) is 6.47. The molecule has 0 amide bonds. The number of benzene rings is 1. The van der Waals surface area contributed by atoms with Gasteiger partial charge in [-0.2, -0.15) is 0 Å². The number of anilines is 1. The van der Waals surface area contributed by atoms with Crippen LogP contribution < -0.4 is 11.1 Å². The van der Waals surface area contributed by atoms with Crippen molar-refractivity contribution in [1.29, 1.82) is 0 Å². The van der Waals surface area contributed by atoms with Crippen molar-refractivity contribution >= 4 is 5.95 Å². The Morgan fingerprint density at radius 1 is 1.24 bits per heavy atom. The summed E-state index contributed by atoms with van der Waals surface area (Å²) in [7, 11) is 0. The highest BCUT2D eigenvalue weighted by Gasteiger charge is 2.04. The van der Waals surface area contributed by atoms with E-state index in [1.54, 1.807) is 17.2 Å². The number of nitrogens with two attached hydrogens (primary N) is 1. The van der Waals surface area contributed by atoms with E-state index in [1.165, 1.54) is 0 Å². The SMILES string of the molecule is NCCNc1nccc(-c2cccc(-n3cnnn3)c2)n1. The Bertz CT molecular complexity index is 710. The van der Waals surface area contributed by atoms with Gasteiger partial charge >= 0.3 is 0 Å². The van der Waals surface area contributed by atoms with Crippen LogP contribution in [0.1, 0.15) is 0 Å². The van der Waals surface area contributed by atoms with E-state index < -0.39 is 0 Å². The summed E-state index contributed by atoms with van der Waals surface area (Å²) < 4.78 is 1.60. The molecule has 0 radical (unpaired) electrons. The summed E-state index contributed by atoms with van der Waals surface area (Å²) in [5.41, 5.74) is 8.11. The molecule has 0 aliphatic rings. The van der Waals surface area contributed by atoms with Crippen LogP contribution in [0.3, 0.4) is 0 Å². The average Bonchev–Trinajstić information content (AvgIpc) is 3.08. The highest BCUT2D eigenvalue weighted by Crippen LogP contribution is 2.20. The molecule has 0 saturated carbocycles. The van der Waals surface area contributed by atoms with E-state index in [0.29, 0.717) is 19.0 Å². The number of aromatic nitrogens is 6. The highest BCUT2D eigenvalue weighted by atomic mass is 15.5. The van der Waals surface area contributed by atoms with Crippen molar-refractivity contribution in [3.63, 3.8) is 0 Å². The summed E-state index contributed by atoms with van der Waals surface area (Å²) >= 11 is 0. The molecule has 0 aliphatic heterocycles. The van der Waals surface area contributed by atoms with Gasteiger partial charge in [-0.05, 0) is 28.6 Å². The summed E-state index contributed by atoms with van der Waals surface area (Å²) in [4.78, 5) is 8.62. The van der Waals surface area contributed by atoms with Gasteiger partial charge < -0.3 is 11.1 Å². The molecule has 8 heteroatoms. The second-order valence-electron chi connectivity index (χ2n) is 4.29. The lowest BCUT2D eigenvalue weighted by molar-refractivity contribution is 0.789. The van der Waals surface area contributed by atoms with Crippen LogP contribution in [0.2, 0.25) is 0 Å². The molecular formula is C13H14N8. The monoisotopic (exact) mass is 282 g/mol. The Morgan fingerprint density at radius 2 is 2.19 bits per heavy atom. The van der Waals surface area contributed by atoms with Gasteiger partial charge in [-0.1, -0.05) is 12.1 Å². The zero-order valence-electron chi connectivity index (χ0n) is 11.2. The molecule has 0 bridgehead atoms. The second kappa shape index (κ2) is 6.06. The van der Waals surface area contributed by atoms with E-state index >= 15 is 0 Å². The fourth-order valence-electron chi connectivity index (χ4n) is 1.88.